The molecular weight excluding hydrogens is 296 g/mol. The maximum atomic E-state index is 6.73. The second kappa shape index (κ2) is 9.70. The standard InChI is InChI=1S/C21H38OSi/c1-7-16-20(22-23(5,6)21(2,3)4)19-17-14-12-10-8-9-11-13-15-18-19/h1,14,17,19-20H,8-13,15-16,18H2,2-6H3/b17-14+/t19-,20-/m0/s1. The van der Waals surface area contributed by atoms with Gasteiger partial charge < -0.3 is 4.43 Å². The molecule has 132 valence electrons. The molecular formula is C21H38OSi. The highest BCUT2D eigenvalue weighted by Crippen LogP contribution is 2.39. The summed E-state index contributed by atoms with van der Waals surface area (Å²) in [5, 5.41) is 0.233. The lowest BCUT2D eigenvalue weighted by atomic mass is 9.93. The van der Waals surface area contributed by atoms with Gasteiger partial charge in [0, 0.05) is 12.3 Å². The van der Waals surface area contributed by atoms with Crippen molar-refractivity contribution < 1.29 is 4.43 Å². The van der Waals surface area contributed by atoms with Crippen LogP contribution >= 0.6 is 0 Å². The molecule has 0 radical (unpaired) electrons. The predicted molar refractivity (Wildman–Crippen MR) is 105 cm³/mol. The lowest BCUT2D eigenvalue weighted by Gasteiger charge is -2.40. The summed E-state index contributed by atoms with van der Waals surface area (Å²) in [7, 11) is -1.78. The monoisotopic (exact) mass is 334 g/mol. The van der Waals surface area contributed by atoms with Gasteiger partial charge in [0.1, 0.15) is 0 Å². The molecule has 0 heterocycles. The van der Waals surface area contributed by atoms with Gasteiger partial charge in [-0.25, -0.2) is 0 Å². The van der Waals surface area contributed by atoms with Crippen molar-refractivity contribution in [1.29, 1.82) is 0 Å². The Labute approximate surface area is 146 Å². The molecule has 0 N–H and O–H groups in total. The summed E-state index contributed by atoms with van der Waals surface area (Å²) in [5.74, 6) is 3.36. The van der Waals surface area contributed by atoms with Crippen molar-refractivity contribution in [3.63, 3.8) is 0 Å². The van der Waals surface area contributed by atoms with Crippen LogP contribution in [0.25, 0.3) is 0 Å². The van der Waals surface area contributed by atoms with E-state index in [4.69, 9.17) is 10.8 Å². The van der Waals surface area contributed by atoms with Gasteiger partial charge in [0.15, 0.2) is 8.32 Å². The maximum Gasteiger partial charge on any atom is 0.192 e. The first-order valence-corrected chi connectivity index (χ1v) is 12.5. The van der Waals surface area contributed by atoms with Gasteiger partial charge in [0.25, 0.3) is 0 Å². The van der Waals surface area contributed by atoms with Gasteiger partial charge in [-0.3, -0.25) is 0 Å². The average molecular weight is 335 g/mol. The summed E-state index contributed by atoms with van der Waals surface area (Å²) in [4.78, 5) is 0. The zero-order valence-corrected chi connectivity index (χ0v) is 17.2. The Balaban J connectivity index is 2.84. The maximum absolute atomic E-state index is 6.73. The predicted octanol–water partition coefficient (Wildman–Crippen LogP) is 6.71. The Hall–Kier alpha value is -0.523. The number of terminal acetylenes is 1. The highest BCUT2D eigenvalue weighted by Gasteiger charge is 2.40. The molecule has 0 aromatic rings. The van der Waals surface area contributed by atoms with Gasteiger partial charge in [-0.2, -0.15) is 0 Å². The third-order valence-corrected chi connectivity index (χ3v) is 10.1. The van der Waals surface area contributed by atoms with E-state index in [1.54, 1.807) is 0 Å². The van der Waals surface area contributed by atoms with Crippen molar-refractivity contribution >= 4 is 8.32 Å². The minimum absolute atomic E-state index is 0.192. The van der Waals surface area contributed by atoms with Crippen LogP contribution in [0.15, 0.2) is 12.2 Å². The fraction of sp³-hybridized carbons (Fsp3) is 0.810. The van der Waals surface area contributed by atoms with Crippen LogP contribution in [0.2, 0.25) is 18.1 Å². The average Bonchev–Trinajstić information content (AvgIpc) is 2.50. The molecule has 23 heavy (non-hydrogen) atoms. The SMILES string of the molecule is C#CC[C@H](O[Si](C)(C)C(C)(C)C)[C@H]1/C=C/CCCCCCCC1. The summed E-state index contributed by atoms with van der Waals surface area (Å²) in [6.07, 6.45) is 22.0. The molecule has 0 fully saturated rings. The van der Waals surface area contributed by atoms with E-state index in [1.165, 1.54) is 51.4 Å². The fourth-order valence-corrected chi connectivity index (χ4v) is 4.35. The summed E-state index contributed by atoms with van der Waals surface area (Å²) >= 11 is 0. The molecule has 2 heteroatoms. The van der Waals surface area contributed by atoms with E-state index in [0.29, 0.717) is 5.92 Å². The number of hydrogen-bond donors (Lipinski definition) is 0. The van der Waals surface area contributed by atoms with E-state index in [2.05, 4.69) is 51.9 Å². The molecule has 2 atom stereocenters. The Morgan fingerprint density at radius 1 is 1.13 bits per heavy atom. The van der Waals surface area contributed by atoms with Crippen molar-refractivity contribution in [2.45, 2.75) is 103 Å². The minimum Gasteiger partial charge on any atom is -0.412 e. The smallest absolute Gasteiger partial charge is 0.192 e. The van der Waals surface area contributed by atoms with Crippen molar-refractivity contribution in [3.8, 4) is 12.3 Å². The zero-order chi connectivity index (χ0) is 17.3. The summed E-state index contributed by atoms with van der Waals surface area (Å²) in [5.41, 5.74) is 0. The van der Waals surface area contributed by atoms with Gasteiger partial charge in [-0.15, -0.1) is 12.3 Å². The normalized spacial score (nSPS) is 24.3. The molecule has 0 amide bonds. The first kappa shape index (κ1) is 20.5. The third kappa shape index (κ3) is 7.27. The topological polar surface area (TPSA) is 9.23 Å². The third-order valence-electron chi connectivity index (χ3n) is 5.59. The lowest BCUT2D eigenvalue weighted by molar-refractivity contribution is 0.136. The summed E-state index contributed by atoms with van der Waals surface area (Å²) < 4.78 is 6.73. The first-order chi connectivity index (χ1) is 10.8. The second-order valence-electron chi connectivity index (χ2n) is 8.62. The van der Waals surface area contributed by atoms with E-state index in [0.717, 1.165) is 6.42 Å². The molecule has 0 saturated carbocycles. The van der Waals surface area contributed by atoms with E-state index in [9.17, 15) is 0 Å². The molecule has 1 rings (SSSR count). The van der Waals surface area contributed by atoms with Crippen LogP contribution in [-0.4, -0.2) is 14.4 Å². The van der Waals surface area contributed by atoms with Crippen LogP contribution in [0.4, 0.5) is 0 Å². The van der Waals surface area contributed by atoms with Crippen molar-refractivity contribution in [2.75, 3.05) is 0 Å². The van der Waals surface area contributed by atoms with Crippen LogP contribution in [0.1, 0.15) is 78.6 Å². The van der Waals surface area contributed by atoms with Gasteiger partial charge in [0.2, 0.25) is 0 Å². The highest BCUT2D eigenvalue weighted by atomic mass is 28.4. The summed E-state index contributed by atoms with van der Waals surface area (Å²) in [6.45, 7) is 11.6. The molecule has 1 nitrogen and oxygen atoms in total. The van der Waals surface area contributed by atoms with Crippen LogP contribution < -0.4 is 0 Å². The molecule has 1 aliphatic carbocycles. The number of hydrogen-bond acceptors (Lipinski definition) is 1. The van der Waals surface area contributed by atoms with E-state index < -0.39 is 8.32 Å². The van der Waals surface area contributed by atoms with Crippen molar-refractivity contribution in [3.05, 3.63) is 12.2 Å². The second-order valence-corrected chi connectivity index (χ2v) is 13.4. The molecule has 0 unspecified atom stereocenters. The quantitative estimate of drug-likeness (QED) is 0.315. The van der Waals surface area contributed by atoms with Gasteiger partial charge in [0.05, 0.1) is 6.10 Å². The van der Waals surface area contributed by atoms with E-state index in [1.807, 2.05) is 0 Å². The first-order valence-electron chi connectivity index (χ1n) is 9.56. The molecule has 0 aromatic heterocycles. The summed E-state index contributed by atoms with van der Waals surface area (Å²) in [6, 6.07) is 0. The van der Waals surface area contributed by atoms with Crippen LogP contribution in [0.5, 0.6) is 0 Å². The molecule has 0 aromatic carbocycles. The molecule has 1 aliphatic rings. The number of rotatable bonds is 4. The largest absolute Gasteiger partial charge is 0.412 e. The van der Waals surface area contributed by atoms with E-state index in [-0.39, 0.29) is 11.1 Å². The van der Waals surface area contributed by atoms with Crippen LogP contribution in [0, 0.1) is 18.3 Å². The Morgan fingerprint density at radius 3 is 2.35 bits per heavy atom. The fourth-order valence-electron chi connectivity index (χ4n) is 2.98. The van der Waals surface area contributed by atoms with Gasteiger partial charge in [-0.05, 0) is 37.4 Å². The molecule has 0 saturated heterocycles. The Bertz CT molecular complexity index is 397. The minimum atomic E-state index is -1.78. The Morgan fingerprint density at radius 2 is 1.74 bits per heavy atom. The zero-order valence-electron chi connectivity index (χ0n) is 16.2. The lowest BCUT2D eigenvalue weighted by Crippen LogP contribution is -2.45. The molecule has 0 aliphatic heterocycles. The van der Waals surface area contributed by atoms with Gasteiger partial charge in [-0.1, -0.05) is 65.0 Å². The van der Waals surface area contributed by atoms with Crippen LogP contribution in [0.3, 0.4) is 0 Å². The molecule has 0 bridgehead atoms. The van der Waals surface area contributed by atoms with E-state index >= 15 is 0 Å². The Kier molecular flexibility index (Phi) is 8.65. The van der Waals surface area contributed by atoms with Crippen LogP contribution in [-0.2, 0) is 4.43 Å². The highest BCUT2D eigenvalue weighted by molar-refractivity contribution is 6.74. The van der Waals surface area contributed by atoms with Crippen molar-refractivity contribution in [1.82, 2.24) is 0 Å². The van der Waals surface area contributed by atoms with Crippen molar-refractivity contribution in [2.24, 2.45) is 5.92 Å². The van der Waals surface area contributed by atoms with Gasteiger partial charge >= 0.3 is 0 Å². The number of allylic oxidation sites excluding steroid dienone is 1. The molecule has 0 spiro atoms.